The van der Waals surface area contributed by atoms with Crippen LogP contribution in [-0.2, 0) is 4.79 Å². The third-order valence-electron chi connectivity index (χ3n) is 2.95. The van der Waals surface area contributed by atoms with Gasteiger partial charge in [-0.1, -0.05) is 38.9 Å². The SMILES string of the molecule is COc1ccc2c(c1)OC(=O)C(=Ic1ccccc1)C2=O. The Morgan fingerprint density at radius 1 is 1.05 bits per heavy atom. The summed E-state index contributed by atoms with van der Waals surface area (Å²) in [5.74, 6) is 0.0405. The third-order valence-corrected chi connectivity index (χ3v) is 5.76. The van der Waals surface area contributed by atoms with Crippen molar-refractivity contribution in [3.63, 3.8) is 0 Å². The van der Waals surface area contributed by atoms with Gasteiger partial charge in [-0.05, 0) is 24.3 Å². The number of halogens is 1. The summed E-state index contributed by atoms with van der Waals surface area (Å²) < 4.78 is 11.6. The van der Waals surface area contributed by atoms with Gasteiger partial charge in [0.15, 0.2) is 0 Å². The first-order chi connectivity index (χ1) is 10.2. The Hall–Kier alpha value is -2.02. The maximum absolute atomic E-state index is 12.5. The van der Waals surface area contributed by atoms with Gasteiger partial charge < -0.3 is 9.47 Å². The molecule has 3 rings (SSSR count). The first-order valence-electron chi connectivity index (χ1n) is 6.21. The molecule has 1 heterocycles. The molecule has 0 amide bonds. The lowest BCUT2D eigenvalue weighted by molar-refractivity contribution is -0.126. The Balaban J connectivity index is 2.04. The minimum Gasteiger partial charge on any atom is -0.497 e. The number of hydrogen-bond donors (Lipinski definition) is 0. The smallest absolute Gasteiger partial charge is 0.353 e. The van der Waals surface area contributed by atoms with E-state index in [2.05, 4.69) is 0 Å². The molecule has 0 saturated carbocycles. The lowest BCUT2D eigenvalue weighted by atomic mass is 10.0. The van der Waals surface area contributed by atoms with Gasteiger partial charge in [-0.15, -0.1) is 0 Å². The van der Waals surface area contributed by atoms with E-state index in [0.717, 1.165) is 3.57 Å². The number of rotatable bonds is 2. The number of benzene rings is 2. The second-order valence-electron chi connectivity index (χ2n) is 4.28. The minimum atomic E-state index is -0.851. The van der Waals surface area contributed by atoms with E-state index in [0.29, 0.717) is 11.3 Å². The molecule has 5 heteroatoms. The lowest BCUT2D eigenvalue weighted by Gasteiger charge is -2.17. The number of esters is 1. The van der Waals surface area contributed by atoms with Crippen LogP contribution in [0.15, 0.2) is 48.5 Å². The summed E-state index contributed by atoms with van der Waals surface area (Å²) in [5, 5.41) is 0. The number of Topliss-reactive ketones (excluding diaryl/α,β-unsaturated/α-hetero) is 1. The predicted octanol–water partition coefficient (Wildman–Crippen LogP) is 2.81. The number of fused-ring (bicyclic) bond motifs is 1. The molecule has 0 bridgehead atoms. The maximum Gasteiger partial charge on any atom is 0.353 e. The largest absolute Gasteiger partial charge is 0.497 e. The van der Waals surface area contributed by atoms with Gasteiger partial charge in [0, 0.05) is 9.64 Å². The van der Waals surface area contributed by atoms with Crippen LogP contribution >= 0.6 is 20.7 Å². The van der Waals surface area contributed by atoms with E-state index in [1.807, 2.05) is 30.3 Å². The average molecular weight is 394 g/mol. The molecule has 0 atom stereocenters. The number of hydrogen-bond acceptors (Lipinski definition) is 4. The Labute approximate surface area is 131 Å². The highest BCUT2D eigenvalue weighted by molar-refractivity contribution is 14.2. The van der Waals surface area contributed by atoms with Crippen molar-refractivity contribution in [1.29, 1.82) is 0 Å². The zero-order valence-corrected chi connectivity index (χ0v) is 13.3. The van der Waals surface area contributed by atoms with Gasteiger partial charge >= 0.3 is 5.97 Å². The molecule has 0 radical (unpaired) electrons. The standard InChI is InChI=1S/C16H11IO4/c1-20-11-7-8-12-13(9-11)21-16(19)14(15(12)18)17-10-5-3-2-4-6-10/h2-9H,1H3. The van der Waals surface area contributed by atoms with Crippen LogP contribution in [0.4, 0.5) is 0 Å². The van der Waals surface area contributed by atoms with Gasteiger partial charge in [0.2, 0.25) is 5.78 Å². The van der Waals surface area contributed by atoms with E-state index in [4.69, 9.17) is 9.47 Å². The molecule has 0 saturated heterocycles. The van der Waals surface area contributed by atoms with Crippen molar-refractivity contribution in [1.82, 2.24) is 0 Å². The van der Waals surface area contributed by atoms with Crippen LogP contribution in [0.25, 0.3) is 0 Å². The van der Waals surface area contributed by atoms with E-state index in [1.165, 1.54) is 7.11 Å². The molecule has 0 fully saturated rings. The van der Waals surface area contributed by atoms with Crippen LogP contribution in [0.5, 0.6) is 11.5 Å². The number of ether oxygens (including phenoxy) is 2. The summed E-state index contributed by atoms with van der Waals surface area (Å²) in [4.78, 5) is 24.6. The molecule has 0 aliphatic carbocycles. The lowest BCUT2D eigenvalue weighted by Crippen LogP contribution is -2.32. The average Bonchev–Trinajstić information content (AvgIpc) is 2.52. The highest BCUT2D eigenvalue weighted by Gasteiger charge is 2.31. The molecule has 0 aromatic heterocycles. The van der Waals surface area contributed by atoms with E-state index in [1.54, 1.807) is 18.2 Å². The van der Waals surface area contributed by atoms with Crippen molar-refractivity contribution in [3.8, 4) is 11.5 Å². The molecule has 2 aromatic rings. The van der Waals surface area contributed by atoms with Crippen LogP contribution in [0.3, 0.4) is 0 Å². The fourth-order valence-corrected chi connectivity index (χ4v) is 4.19. The Morgan fingerprint density at radius 2 is 1.81 bits per heavy atom. The molecule has 0 unspecified atom stereocenters. The number of ketones is 1. The van der Waals surface area contributed by atoms with Crippen LogP contribution in [0.1, 0.15) is 10.4 Å². The summed E-state index contributed by atoms with van der Waals surface area (Å²) in [6.07, 6.45) is 0. The first kappa shape index (κ1) is 13.9. The van der Waals surface area contributed by atoms with Gasteiger partial charge in [-0.2, -0.15) is 0 Å². The molecule has 2 aromatic carbocycles. The van der Waals surface area contributed by atoms with Gasteiger partial charge in [0.25, 0.3) is 0 Å². The van der Waals surface area contributed by atoms with Gasteiger partial charge in [-0.25, -0.2) is 4.79 Å². The third kappa shape index (κ3) is 2.73. The molecule has 0 spiro atoms. The number of methoxy groups -OCH3 is 1. The summed E-state index contributed by atoms with van der Waals surface area (Å²) in [6.45, 7) is 0. The second-order valence-corrected chi connectivity index (χ2v) is 7.15. The van der Waals surface area contributed by atoms with E-state index < -0.39 is 26.7 Å². The Morgan fingerprint density at radius 3 is 2.52 bits per heavy atom. The molecule has 4 nitrogen and oxygen atoms in total. The van der Waals surface area contributed by atoms with E-state index in [9.17, 15) is 9.59 Å². The van der Waals surface area contributed by atoms with Crippen molar-refractivity contribution < 1.29 is 19.1 Å². The van der Waals surface area contributed by atoms with Crippen LogP contribution < -0.4 is 9.47 Å². The van der Waals surface area contributed by atoms with Crippen molar-refractivity contribution in [3.05, 3.63) is 57.7 Å². The van der Waals surface area contributed by atoms with Crippen LogP contribution in [-0.4, -0.2) is 22.4 Å². The zero-order valence-electron chi connectivity index (χ0n) is 11.1. The molecule has 1 aliphatic rings. The second kappa shape index (κ2) is 5.77. The van der Waals surface area contributed by atoms with Crippen molar-refractivity contribution in [2.45, 2.75) is 0 Å². The van der Waals surface area contributed by atoms with Gasteiger partial charge in [0.1, 0.15) is 15.0 Å². The minimum absolute atomic E-state index is 0.236. The molecule has 106 valence electrons. The van der Waals surface area contributed by atoms with E-state index >= 15 is 0 Å². The normalized spacial score (nSPS) is 16.0. The Bertz CT molecular complexity index is 750. The summed E-state index contributed by atoms with van der Waals surface area (Å²) in [6, 6.07) is 14.4. The maximum atomic E-state index is 12.5. The quantitative estimate of drug-likeness (QED) is 0.447. The molecule has 21 heavy (non-hydrogen) atoms. The summed E-state index contributed by atoms with van der Waals surface area (Å²) >= 11 is -0.851. The molecular formula is C16H11IO4. The van der Waals surface area contributed by atoms with Crippen molar-refractivity contribution >= 4 is 36.0 Å². The van der Waals surface area contributed by atoms with E-state index in [-0.39, 0.29) is 15.0 Å². The highest BCUT2D eigenvalue weighted by atomic mass is 127. The van der Waals surface area contributed by atoms with Crippen molar-refractivity contribution in [2.75, 3.05) is 7.11 Å². The van der Waals surface area contributed by atoms with Gasteiger partial charge in [0.05, 0.1) is 12.7 Å². The summed E-state index contributed by atoms with van der Waals surface area (Å²) in [5.41, 5.74) is 0.418. The first-order valence-corrected chi connectivity index (χ1v) is 8.36. The summed E-state index contributed by atoms with van der Waals surface area (Å²) in [7, 11) is 1.52. The highest BCUT2D eigenvalue weighted by Crippen LogP contribution is 2.30. The molecule has 0 N–H and O–H groups in total. The number of carbonyl (C=O) groups is 2. The zero-order chi connectivity index (χ0) is 14.8. The van der Waals surface area contributed by atoms with Crippen LogP contribution in [0.2, 0.25) is 0 Å². The molecular weight excluding hydrogens is 383 g/mol. The molecule has 1 aliphatic heterocycles. The number of carbonyl (C=O) groups excluding carboxylic acids is 2. The Kier molecular flexibility index (Phi) is 3.83. The fourth-order valence-electron chi connectivity index (χ4n) is 1.93. The predicted molar refractivity (Wildman–Crippen MR) is 87.1 cm³/mol. The van der Waals surface area contributed by atoms with Crippen molar-refractivity contribution in [2.24, 2.45) is 0 Å². The monoisotopic (exact) mass is 394 g/mol. The fraction of sp³-hybridized carbons (Fsp3) is 0.0625. The topological polar surface area (TPSA) is 52.6 Å². The van der Waals surface area contributed by atoms with Crippen LogP contribution in [0, 0.1) is 3.57 Å². The van der Waals surface area contributed by atoms with Gasteiger partial charge in [-0.3, -0.25) is 4.79 Å².